The smallest absolute Gasteiger partial charge is 0.336 e. The molecule has 0 aromatic carbocycles. The Morgan fingerprint density at radius 1 is 1.20 bits per heavy atom. The van der Waals surface area contributed by atoms with E-state index >= 15 is 0 Å². The van der Waals surface area contributed by atoms with E-state index in [0.29, 0.717) is 5.56 Å². The van der Waals surface area contributed by atoms with Gasteiger partial charge in [0.05, 0.1) is 16.1 Å². The van der Waals surface area contributed by atoms with Gasteiger partial charge in [0.1, 0.15) is 5.01 Å². The fraction of sp³-hybridized carbons (Fsp3) is 0. The Bertz CT molecular complexity index is 782. The molecule has 0 amide bonds. The molecule has 0 spiro atoms. The molecular formula is C13H7BrN2O2S2. The number of carbonyl (C=O) groups is 1. The summed E-state index contributed by atoms with van der Waals surface area (Å²) in [5.41, 5.74) is 2.02. The largest absolute Gasteiger partial charge is 0.478 e. The summed E-state index contributed by atoms with van der Waals surface area (Å²) in [5, 5.41) is 13.3. The van der Waals surface area contributed by atoms with Crippen LogP contribution in [0.2, 0.25) is 0 Å². The number of halogens is 1. The van der Waals surface area contributed by atoms with Crippen LogP contribution >= 0.6 is 38.6 Å². The topological polar surface area (TPSA) is 63.1 Å². The highest BCUT2D eigenvalue weighted by Gasteiger charge is 2.12. The molecule has 0 radical (unpaired) electrons. The lowest BCUT2D eigenvalue weighted by molar-refractivity contribution is 0.0697. The molecule has 0 atom stereocenters. The summed E-state index contributed by atoms with van der Waals surface area (Å²) in [6.45, 7) is 0. The van der Waals surface area contributed by atoms with Crippen LogP contribution in [0.25, 0.3) is 21.1 Å². The first-order chi connectivity index (χ1) is 9.63. The monoisotopic (exact) mass is 366 g/mol. The van der Waals surface area contributed by atoms with Crippen molar-refractivity contribution in [2.24, 2.45) is 0 Å². The molecule has 3 rings (SSSR count). The van der Waals surface area contributed by atoms with E-state index in [1.165, 1.54) is 22.7 Å². The fourth-order valence-electron chi connectivity index (χ4n) is 1.63. The summed E-state index contributed by atoms with van der Waals surface area (Å²) >= 11 is 6.27. The second-order valence-electron chi connectivity index (χ2n) is 3.93. The molecule has 20 heavy (non-hydrogen) atoms. The van der Waals surface area contributed by atoms with Crippen molar-refractivity contribution < 1.29 is 9.90 Å². The zero-order chi connectivity index (χ0) is 14.1. The number of carboxylic acid groups (broad SMARTS) is 1. The number of hydrogen-bond donors (Lipinski definition) is 1. The third-order valence-electron chi connectivity index (χ3n) is 2.55. The molecule has 0 aliphatic carbocycles. The van der Waals surface area contributed by atoms with Crippen LogP contribution in [0.4, 0.5) is 0 Å². The predicted molar refractivity (Wildman–Crippen MR) is 83.3 cm³/mol. The Morgan fingerprint density at radius 2 is 2.05 bits per heavy atom. The van der Waals surface area contributed by atoms with Gasteiger partial charge in [0.25, 0.3) is 0 Å². The Kier molecular flexibility index (Phi) is 3.64. The summed E-state index contributed by atoms with van der Waals surface area (Å²) in [7, 11) is 0. The molecule has 4 nitrogen and oxygen atoms in total. The maximum atomic E-state index is 10.9. The molecule has 0 fully saturated rings. The molecule has 3 aromatic heterocycles. The molecule has 0 saturated carbocycles. The highest BCUT2D eigenvalue weighted by molar-refractivity contribution is 9.10. The number of aromatic nitrogens is 2. The number of hydrogen-bond acceptors (Lipinski definition) is 5. The first-order valence-electron chi connectivity index (χ1n) is 5.52. The molecule has 1 N–H and O–H groups in total. The van der Waals surface area contributed by atoms with Gasteiger partial charge in [-0.15, -0.1) is 22.7 Å². The van der Waals surface area contributed by atoms with E-state index in [9.17, 15) is 4.79 Å². The van der Waals surface area contributed by atoms with Crippen LogP contribution < -0.4 is 0 Å². The van der Waals surface area contributed by atoms with Crippen molar-refractivity contribution in [1.29, 1.82) is 0 Å². The molecule has 100 valence electrons. The number of pyridine rings is 1. The van der Waals surface area contributed by atoms with Gasteiger partial charge >= 0.3 is 5.97 Å². The molecule has 0 saturated heterocycles. The molecule has 0 aliphatic rings. The average Bonchev–Trinajstić information content (AvgIpc) is 3.08. The van der Waals surface area contributed by atoms with E-state index in [0.717, 1.165) is 25.6 Å². The van der Waals surface area contributed by atoms with Crippen LogP contribution in [-0.2, 0) is 0 Å². The SMILES string of the molecule is O=C(O)c1csc(-c2csc(-c3cncc(Br)c3)n2)c1. The van der Waals surface area contributed by atoms with Gasteiger partial charge in [-0.1, -0.05) is 0 Å². The fourth-order valence-corrected chi connectivity index (χ4v) is 3.72. The maximum Gasteiger partial charge on any atom is 0.336 e. The van der Waals surface area contributed by atoms with Gasteiger partial charge in [0.2, 0.25) is 0 Å². The standard InChI is InChI=1S/C13H7BrN2O2S2/c14-9-1-7(3-15-4-9)12-16-10(6-20-12)11-2-8(5-19-11)13(17)18/h1-6H,(H,17,18). The number of nitrogens with zero attached hydrogens (tertiary/aromatic N) is 2. The molecular weight excluding hydrogens is 360 g/mol. The zero-order valence-electron chi connectivity index (χ0n) is 9.91. The molecule has 3 heterocycles. The number of thiazole rings is 1. The summed E-state index contributed by atoms with van der Waals surface area (Å²) in [6, 6.07) is 3.59. The first-order valence-corrected chi connectivity index (χ1v) is 8.07. The van der Waals surface area contributed by atoms with Crippen molar-refractivity contribution in [3.8, 4) is 21.1 Å². The average molecular weight is 367 g/mol. The number of rotatable bonds is 3. The summed E-state index contributed by atoms with van der Waals surface area (Å²) in [5.74, 6) is -0.917. The van der Waals surface area contributed by atoms with Gasteiger partial charge in [0, 0.05) is 33.2 Å². The summed E-state index contributed by atoms with van der Waals surface area (Å²) in [6.07, 6.45) is 3.47. The Balaban J connectivity index is 1.95. The summed E-state index contributed by atoms with van der Waals surface area (Å²) < 4.78 is 0.899. The van der Waals surface area contributed by atoms with Gasteiger partial charge < -0.3 is 5.11 Å². The third kappa shape index (κ3) is 2.65. The van der Waals surface area contributed by atoms with E-state index < -0.39 is 5.97 Å². The Morgan fingerprint density at radius 3 is 2.75 bits per heavy atom. The first kappa shape index (κ1) is 13.4. The van der Waals surface area contributed by atoms with Gasteiger partial charge in [-0.3, -0.25) is 4.98 Å². The highest BCUT2D eigenvalue weighted by atomic mass is 79.9. The van der Waals surface area contributed by atoms with Gasteiger partial charge in [-0.05, 0) is 28.1 Å². The van der Waals surface area contributed by atoms with Gasteiger partial charge in [-0.25, -0.2) is 9.78 Å². The predicted octanol–water partition coefficient (Wildman–Crippen LogP) is 4.39. The summed E-state index contributed by atoms with van der Waals surface area (Å²) in [4.78, 5) is 20.4. The van der Waals surface area contributed by atoms with Crippen molar-refractivity contribution in [1.82, 2.24) is 9.97 Å². The van der Waals surface area contributed by atoms with E-state index in [1.807, 2.05) is 11.4 Å². The second-order valence-corrected chi connectivity index (χ2v) is 6.62. The van der Waals surface area contributed by atoms with Crippen molar-refractivity contribution >= 4 is 44.6 Å². The van der Waals surface area contributed by atoms with E-state index in [-0.39, 0.29) is 0 Å². The van der Waals surface area contributed by atoms with Crippen molar-refractivity contribution in [3.63, 3.8) is 0 Å². The Hall–Kier alpha value is -1.57. The minimum atomic E-state index is -0.917. The van der Waals surface area contributed by atoms with E-state index in [4.69, 9.17) is 5.11 Å². The van der Waals surface area contributed by atoms with Gasteiger partial charge in [0.15, 0.2) is 0 Å². The lowest BCUT2D eigenvalue weighted by Gasteiger charge is -1.95. The second kappa shape index (κ2) is 5.43. The minimum Gasteiger partial charge on any atom is -0.478 e. The third-order valence-corrected chi connectivity index (χ3v) is 4.83. The maximum absolute atomic E-state index is 10.9. The zero-order valence-corrected chi connectivity index (χ0v) is 13.1. The van der Waals surface area contributed by atoms with Crippen LogP contribution in [0.1, 0.15) is 10.4 Å². The number of carboxylic acids is 1. The van der Waals surface area contributed by atoms with Crippen molar-refractivity contribution in [2.45, 2.75) is 0 Å². The molecule has 0 unspecified atom stereocenters. The minimum absolute atomic E-state index is 0.295. The molecule has 3 aromatic rings. The van der Waals surface area contributed by atoms with Crippen LogP contribution in [0.3, 0.4) is 0 Å². The van der Waals surface area contributed by atoms with Gasteiger partial charge in [-0.2, -0.15) is 0 Å². The van der Waals surface area contributed by atoms with Crippen molar-refractivity contribution in [2.75, 3.05) is 0 Å². The highest BCUT2D eigenvalue weighted by Crippen LogP contribution is 2.32. The normalized spacial score (nSPS) is 10.7. The van der Waals surface area contributed by atoms with E-state index in [2.05, 4.69) is 25.9 Å². The number of aromatic carboxylic acids is 1. The molecule has 0 bridgehead atoms. The van der Waals surface area contributed by atoms with Crippen LogP contribution in [0.15, 0.2) is 39.8 Å². The van der Waals surface area contributed by atoms with Crippen LogP contribution in [-0.4, -0.2) is 21.0 Å². The van der Waals surface area contributed by atoms with E-state index in [1.54, 1.807) is 23.8 Å². The Labute approximate surface area is 130 Å². The number of thiophene rings is 1. The quantitative estimate of drug-likeness (QED) is 0.746. The van der Waals surface area contributed by atoms with Crippen LogP contribution in [0.5, 0.6) is 0 Å². The van der Waals surface area contributed by atoms with Crippen LogP contribution in [0, 0.1) is 0 Å². The lowest BCUT2D eigenvalue weighted by Crippen LogP contribution is -1.91. The van der Waals surface area contributed by atoms with Crippen molar-refractivity contribution in [3.05, 3.63) is 45.3 Å². The lowest BCUT2D eigenvalue weighted by atomic mass is 10.3. The molecule has 7 heteroatoms. The molecule has 0 aliphatic heterocycles.